The molecule has 80 valence electrons. The lowest BCUT2D eigenvalue weighted by Crippen LogP contribution is -2.28. The van der Waals surface area contributed by atoms with Gasteiger partial charge >= 0.3 is 0 Å². The van der Waals surface area contributed by atoms with Crippen LogP contribution in [0.15, 0.2) is 29.7 Å². The average Bonchev–Trinajstić information content (AvgIpc) is 2.24. The van der Waals surface area contributed by atoms with Crippen molar-refractivity contribution in [3.8, 4) is 0 Å². The minimum absolute atomic E-state index is 0.378. The first-order valence-corrected chi connectivity index (χ1v) is 5.90. The van der Waals surface area contributed by atoms with E-state index in [9.17, 15) is 8.42 Å². The quantitative estimate of drug-likeness (QED) is 0.726. The first kappa shape index (κ1) is 10.0. The fourth-order valence-corrected chi connectivity index (χ4v) is 2.61. The van der Waals surface area contributed by atoms with E-state index in [1.54, 1.807) is 12.1 Å². The molecule has 1 heterocycles. The predicted molar refractivity (Wildman–Crippen MR) is 58.8 cm³/mol. The minimum Gasteiger partial charge on any atom is -0.495 e. The number of hydrogen-bond donors (Lipinski definition) is 0. The zero-order chi connectivity index (χ0) is 11.1. The van der Waals surface area contributed by atoms with Gasteiger partial charge in [-0.05, 0) is 12.1 Å². The third-order valence-corrected chi connectivity index (χ3v) is 3.84. The van der Waals surface area contributed by atoms with E-state index in [0.717, 1.165) is 11.0 Å². The Morgan fingerprint density at radius 3 is 2.60 bits per heavy atom. The minimum atomic E-state index is -3.39. The molecule has 15 heavy (non-hydrogen) atoms. The molecule has 1 aromatic carbocycles. The second-order valence-electron chi connectivity index (χ2n) is 3.22. The van der Waals surface area contributed by atoms with Crippen molar-refractivity contribution in [3.63, 3.8) is 0 Å². The lowest BCUT2D eigenvalue weighted by Gasteiger charge is -2.25. The van der Waals surface area contributed by atoms with E-state index in [4.69, 9.17) is 4.74 Å². The Bertz CT molecular complexity index is 519. The number of benzene rings is 1. The summed E-state index contributed by atoms with van der Waals surface area (Å²) in [5.74, 6) is 0.378. The fourth-order valence-electron chi connectivity index (χ4n) is 1.53. The molecule has 0 atom stereocenters. The largest absolute Gasteiger partial charge is 0.495 e. The van der Waals surface area contributed by atoms with Gasteiger partial charge in [0.15, 0.2) is 0 Å². The van der Waals surface area contributed by atoms with Gasteiger partial charge < -0.3 is 4.74 Å². The Labute approximate surface area is 88.8 Å². The molecule has 0 unspecified atom stereocenters. The molecule has 0 N–H and O–H groups in total. The lowest BCUT2D eigenvalue weighted by molar-refractivity contribution is 0.370. The van der Waals surface area contributed by atoms with Crippen LogP contribution in [0.5, 0.6) is 0 Å². The highest BCUT2D eigenvalue weighted by Crippen LogP contribution is 2.33. The lowest BCUT2D eigenvalue weighted by atomic mass is 10.1. The Morgan fingerprint density at radius 2 is 1.93 bits per heavy atom. The maximum Gasteiger partial charge on any atom is 0.260 e. The van der Waals surface area contributed by atoms with Crippen molar-refractivity contribution in [2.24, 2.45) is 0 Å². The molecule has 0 spiro atoms. The highest BCUT2D eigenvalue weighted by molar-refractivity contribution is 7.95. The van der Waals surface area contributed by atoms with Crippen LogP contribution in [0.3, 0.4) is 0 Å². The molecule has 0 saturated carbocycles. The fraction of sp³-hybridized carbons (Fsp3) is 0.200. The third kappa shape index (κ3) is 1.48. The van der Waals surface area contributed by atoms with Gasteiger partial charge in [0.1, 0.15) is 5.76 Å². The smallest absolute Gasteiger partial charge is 0.260 e. The molecule has 0 aliphatic carbocycles. The van der Waals surface area contributed by atoms with Crippen LogP contribution >= 0.6 is 0 Å². The van der Waals surface area contributed by atoms with Crippen LogP contribution in [0.2, 0.25) is 0 Å². The first-order chi connectivity index (χ1) is 7.06. The summed E-state index contributed by atoms with van der Waals surface area (Å²) in [5.41, 5.74) is 1.43. The Hall–Kier alpha value is -1.49. The molecule has 4 nitrogen and oxygen atoms in total. The number of anilines is 1. The summed E-state index contributed by atoms with van der Waals surface area (Å²) in [4.78, 5) is 0. The van der Waals surface area contributed by atoms with E-state index in [1.807, 2.05) is 12.1 Å². The van der Waals surface area contributed by atoms with Gasteiger partial charge in [-0.15, -0.1) is 0 Å². The summed E-state index contributed by atoms with van der Waals surface area (Å²) in [6.07, 6.45) is 0. The number of para-hydroxylation sites is 1. The summed E-state index contributed by atoms with van der Waals surface area (Å²) in [6.45, 7) is 0. The van der Waals surface area contributed by atoms with Gasteiger partial charge in [-0.3, -0.25) is 4.31 Å². The highest BCUT2D eigenvalue weighted by Gasteiger charge is 2.26. The SMILES string of the molecule is COC1=CS(=O)(=O)N(C)c2ccccc21. The number of ether oxygens (including phenoxy) is 1. The van der Waals surface area contributed by atoms with Gasteiger partial charge in [0.25, 0.3) is 10.0 Å². The zero-order valence-electron chi connectivity index (χ0n) is 8.47. The van der Waals surface area contributed by atoms with Gasteiger partial charge in [-0.1, -0.05) is 12.1 Å². The van der Waals surface area contributed by atoms with Crippen LogP contribution in [0.1, 0.15) is 5.56 Å². The number of hydrogen-bond acceptors (Lipinski definition) is 3. The van der Waals surface area contributed by atoms with Gasteiger partial charge in [-0.25, -0.2) is 8.42 Å². The molecule has 1 aromatic rings. The van der Waals surface area contributed by atoms with Gasteiger partial charge in [0.2, 0.25) is 0 Å². The molecular formula is C10H11NO3S. The van der Waals surface area contributed by atoms with E-state index >= 15 is 0 Å². The summed E-state index contributed by atoms with van der Waals surface area (Å²) in [6, 6.07) is 7.22. The Balaban J connectivity index is 2.72. The highest BCUT2D eigenvalue weighted by atomic mass is 32.2. The van der Waals surface area contributed by atoms with Crippen LogP contribution < -0.4 is 4.31 Å². The molecule has 1 aliphatic heterocycles. The van der Waals surface area contributed by atoms with Gasteiger partial charge in [-0.2, -0.15) is 0 Å². The molecule has 2 rings (SSSR count). The van der Waals surface area contributed by atoms with E-state index in [2.05, 4.69) is 0 Å². The zero-order valence-corrected chi connectivity index (χ0v) is 9.28. The number of rotatable bonds is 1. The number of methoxy groups -OCH3 is 1. The maximum absolute atomic E-state index is 11.7. The van der Waals surface area contributed by atoms with E-state index in [0.29, 0.717) is 11.4 Å². The van der Waals surface area contributed by atoms with Crippen molar-refractivity contribution in [1.29, 1.82) is 0 Å². The molecule has 0 aromatic heterocycles. The summed E-state index contributed by atoms with van der Waals surface area (Å²) in [5, 5.41) is 1.13. The molecule has 0 amide bonds. The maximum atomic E-state index is 11.7. The van der Waals surface area contributed by atoms with Crippen molar-refractivity contribution in [2.45, 2.75) is 0 Å². The monoisotopic (exact) mass is 225 g/mol. The molecule has 5 heteroatoms. The van der Waals surface area contributed by atoms with Crippen molar-refractivity contribution < 1.29 is 13.2 Å². The molecule has 0 fully saturated rings. The molecule has 0 radical (unpaired) electrons. The van der Waals surface area contributed by atoms with Gasteiger partial charge in [0, 0.05) is 12.6 Å². The van der Waals surface area contributed by atoms with Crippen molar-refractivity contribution >= 4 is 21.5 Å². The van der Waals surface area contributed by atoms with E-state index in [1.165, 1.54) is 18.5 Å². The van der Waals surface area contributed by atoms with E-state index < -0.39 is 10.0 Å². The summed E-state index contributed by atoms with van der Waals surface area (Å²) >= 11 is 0. The van der Waals surface area contributed by atoms with Crippen LogP contribution in [-0.4, -0.2) is 22.6 Å². The standard InChI is InChI=1S/C10H11NO3S/c1-11-9-6-4-3-5-8(9)10(14-2)7-15(11,12)13/h3-7H,1-2H3. The summed E-state index contributed by atoms with van der Waals surface area (Å²) in [7, 11) is -0.403. The van der Waals surface area contributed by atoms with Crippen LogP contribution in [-0.2, 0) is 14.8 Å². The van der Waals surface area contributed by atoms with Crippen molar-refractivity contribution in [2.75, 3.05) is 18.5 Å². The van der Waals surface area contributed by atoms with E-state index in [-0.39, 0.29) is 0 Å². The molecular weight excluding hydrogens is 214 g/mol. The number of nitrogens with zero attached hydrogens (tertiary/aromatic N) is 1. The third-order valence-electron chi connectivity index (χ3n) is 2.37. The number of sulfonamides is 1. The topological polar surface area (TPSA) is 46.6 Å². The van der Waals surface area contributed by atoms with Gasteiger partial charge in [0.05, 0.1) is 18.2 Å². The Kier molecular flexibility index (Phi) is 2.19. The second-order valence-corrected chi connectivity index (χ2v) is 5.03. The molecule has 1 aliphatic rings. The first-order valence-electron chi connectivity index (χ1n) is 4.40. The normalized spacial score (nSPS) is 18.0. The predicted octanol–water partition coefficient (Wildman–Crippen LogP) is 1.41. The second kappa shape index (κ2) is 3.27. The van der Waals surface area contributed by atoms with Crippen LogP contribution in [0.4, 0.5) is 5.69 Å². The number of fused-ring (bicyclic) bond motifs is 1. The van der Waals surface area contributed by atoms with Crippen LogP contribution in [0.25, 0.3) is 5.76 Å². The summed E-state index contributed by atoms with van der Waals surface area (Å²) < 4.78 is 29.7. The van der Waals surface area contributed by atoms with Crippen molar-refractivity contribution in [3.05, 3.63) is 35.2 Å². The van der Waals surface area contributed by atoms with Crippen molar-refractivity contribution in [1.82, 2.24) is 0 Å². The van der Waals surface area contributed by atoms with Crippen LogP contribution in [0, 0.1) is 0 Å². The molecule has 0 bridgehead atoms. The Morgan fingerprint density at radius 1 is 1.27 bits per heavy atom. The molecule has 0 saturated heterocycles. The average molecular weight is 225 g/mol.